The predicted octanol–water partition coefficient (Wildman–Crippen LogP) is 2.64. The molecule has 0 aliphatic heterocycles. The first-order valence-corrected chi connectivity index (χ1v) is 7.91. The van der Waals surface area contributed by atoms with E-state index in [9.17, 15) is 8.42 Å². The van der Waals surface area contributed by atoms with Gasteiger partial charge >= 0.3 is 0 Å². The Hall–Kier alpha value is -1.07. The summed E-state index contributed by atoms with van der Waals surface area (Å²) in [4.78, 5) is 0.219. The fourth-order valence-electron chi connectivity index (χ4n) is 1.94. The first-order chi connectivity index (χ1) is 8.77. The SMILES string of the molecule is COc1c(C)cc(C)cc1S(=O)(=O)NCCC(C)C. The van der Waals surface area contributed by atoms with Crippen LogP contribution in [0.3, 0.4) is 0 Å². The van der Waals surface area contributed by atoms with Crippen molar-refractivity contribution in [1.82, 2.24) is 4.72 Å². The van der Waals surface area contributed by atoms with Crippen molar-refractivity contribution in [3.05, 3.63) is 23.3 Å². The van der Waals surface area contributed by atoms with Gasteiger partial charge in [0.2, 0.25) is 10.0 Å². The summed E-state index contributed by atoms with van der Waals surface area (Å²) in [5.74, 6) is 0.881. The lowest BCUT2D eigenvalue weighted by atomic mass is 10.1. The van der Waals surface area contributed by atoms with Gasteiger partial charge in [-0.3, -0.25) is 0 Å². The van der Waals surface area contributed by atoms with Gasteiger partial charge in [-0.1, -0.05) is 19.9 Å². The highest BCUT2D eigenvalue weighted by Gasteiger charge is 2.21. The van der Waals surface area contributed by atoms with Crippen LogP contribution >= 0.6 is 0 Å². The summed E-state index contributed by atoms with van der Waals surface area (Å²) >= 11 is 0. The third-order valence-corrected chi connectivity index (χ3v) is 4.36. The topological polar surface area (TPSA) is 55.4 Å². The van der Waals surface area contributed by atoms with Gasteiger partial charge in [-0.25, -0.2) is 13.1 Å². The van der Waals surface area contributed by atoms with Crippen LogP contribution in [0.1, 0.15) is 31.4 Å². The second-order valence-corrected chi connectivity index (χ2v) is 6.93. The van der Waals surface area contributed by atoms with E-state index in [0.29, 0.717) is 18.2 Å². The number of methoxy groups -OCH3 is 1. The van der Waals surface area contributed by atoms with Gasteiger partial charge in [-0.15, -0.1) is 0 Å². The Morgan fingerprint density at radius 2 is 1.89 bits per heavy atom. The number of hydrogen-bond acceptors (Lipinski definition) is 3. The number of aryl methyl sites for hydroxylation is 2. The maximum Gasteiger partial charge on any atom is 0.244 e. The molecule has 1 aromatic carbocycles. The maximum atomic E-state index is 12.3. The van der Waals surface area contributed by atoms with Gasteiger partial charge in [-0.2, -0.15) is 0 Å². The van der Waals surface area contributed by atoms with Crippen LogP contribution in [-0.2, 0) is 10.0 Å². The molecule has 108 valence electrons. The highest BCUT2D eigenvalue weighted by Crippen LogP contribution is 2.28. The molecule has 1 N–H and O–H groups in total. The standard InChI is InChI=1S/C14H23NO3S/c1-10(2)6-7-15-19(16,17)13-9-11(3)8-12(4)14(13)18-5/h8-10,15H,6-7H2,1-5H3. The Morgan fingerprint density at radius 1 is 1.26 bits per heavy atom. The molecule has 0 unspecified atom stereocenters. The Kier molecular flexibility index (Phi) is 5.38. The van der Waals surface area contributed by atoms with Crippen LogP contribution in [0.15, 0.2) is 17.0 Å². The number of benzene rings is 1. The Balaban J connectivity index is 3.07. The molecule has 0 aliphatic rings. The van der Waals surface area contributed by atoms with E-state index in [1.165, 1.54) is 7.11 Å². The van der Waals surface area contributed by atoms with Crippen molar-refractivity contribution in [3.8, 4) is 5.75 Å². The van der Waals surface area contributed by atoms with Crippen molar-refractivity contribution in [2.24, 2.45) is 5.92 Å². The molecule has 0 heterocycles. The first kappa shape index (κ1) is 16.0. The third kappa shape index (κ3) is 4.21. The molecule has 19 heavy (non-hydrogen) atoms. The summed E-state index contributed by atoms with van der Waals surface area (Å²) in [5.41, 5.74) is 1.73. The molecule has 4 nitrogen and oxygen atoms in total. The normalized spacial score (nSPS) is 11.9. The molecule has 5 heteroatoms. The molecule has 0 aliphatic carbocycles. The second-order valence-electron chi connectivity index (χ2n) is 5.19. The molecule has 0 fully saturated rings. The van der Waals surface area contributed by atoms with Crippen molar-refractivity contribution in [2.75, 3.05) is 13.7 Å². The summed E-state index contributed by atoms with van der Waals surface area (Å²) in [6, 6.07) is 3.55. The zero-order valence-corrected chi connectivity index (χ0v) is 13.1. The molecule has 0 amide bonds. The Labute approximate surface area is 116 Å². The number of sulfonamides is 1. The average molecular weight is 285 g/mol. The van der Waals surface area contributed by atoms with E-state index in [2.05, 4.69) is 18.6 Å². The van der Waals surface area contributed by atoms with E-state index in [1.807, 2.05) is 19.9 Å². The lowest BCUT2D eigenvalue weighted by molar-refractivity contribution is 0.399. The minimum Gasteiger partial charge on any atom is -0.495 e. The minimum atomic E-state index is -3.52. The fraction of sp³-hybridized carbons (Fsp3) is 0.571. The van der Waals surface area contributed by atoms with Gasteiger partial charge in [0.1, 0.15) is 10.6 Å². The van der Waals surface area contributed by atoms with Crippen molar-refractivity contribution >= 4 is 10.0 Å². The lowest BCUT2D eigenvalue weighted by Gasteiger charge is -2.14. The lowest BCUT2D eigenvalue weighted by Crippen LogP contribution is -2.26. The van der Waals surface area contributed by atoms with Gasteiger partial charge in [0.05, 0.1) is 7.11 Å². The van der Waals surface area contributed by atoms with E-state index in [1.54, 1.807) is 6.07 Å². The van der Waals surface area contributed by atoms with Crippen molar-refractivity contribution in [2.45, 2.75) is 39.0 Å². The molecule has 1 rings (SSSR count). The summed E-state index contributed by atoms with van der Waals surface area (Å²) in [7, 11) is -2.03. The van der Waals surface area contributed by atoms with Crippen LogP contribution in [0, 0.1) is 19.8 Å². The summed E-state index contributed by atoms with van der Waals surface area (Å²) in [6.07, 6.45) is 0.812. The number of rotatable bonds is 6. The van der Waals surface area contributed by atoms with Crippen molar-refractivity contribution < 1.29 is 13.2 Å². The maximum absolute atomic E-state index is 12.3. The van der Waals surface area contributed by atoms with Crippen LogP contribution in [0.4, 0.5) is 0 Å². The fourth-order valence-corrected chi connectivity index (χ4v) is 3.31. The summed E-state index contributed by atoms with van der Waals surface area (Å²) in [5, 5.41) is 0. The van der Waals surface area contributed by atoms with E-state index < -0.39 is 10.0 Å². The molecule has 1 aromatic rings. The van der Waals surface area contributed by atoms with Crippen molar-refractivity contribution in [1.29, 1.82) is 0 Å². The highest BCUT2D eigenvalue weighted by molar-refractivity contribution is 7.89. The molecule has 0 saturated heterocycles. The van der Waals surface area contributed by atoms with Gasteiger partial charge < -0.3 is 4.74 Å². The largest absolute Gasteiger partial charge is 0.495 e. The van der Waals surface area contributed by atoms with Crippen molar-refractivity contribution in [3.63, 3.8) is 0 Å². The Bertz CT molecular complexity index is 536. The number of hydrogen-bond donors (Lipinski definition) is 1. The molecule has 0 saturated carbocycles. The highest BCUT2D eigenvalue weighted by atomic mass is 32.2. The van der Waals surface area contributed by atoms with Gasteiger partial charge in [0.25, 0.3) is 0 Å². The quantitative estimate of drug-likeness (QED) is 0.874. The van der Waals surface area contributed by atoms with Gasteiger partial charge in [0, 0.05) is 6.54 Å². The molecule has 0 atom stereocenters. The first-order valence-electron chi connectivity index (χ1n) is 6.43. The molecule has 0 radical (unpaired) electrons. The van der Waals surface area contributed by atoms with Gasteiger partial charge in [-0.05, 0) is 43.4 Å². The molecular weight excluding hydrogens is 262 g/mol. The van der Waals surface area contributed by atoms with E-state index in [4.69, 9.17) is 4.74 Å². The summed E-state index contributed by atoms with van der Waals surface area (Å²) in [6.45, 7) is 8.28. The minimum absolute atomic E-state index is 0.219. The zero-order valence-electron chi connectivity index (χ0n) is 12.3. The third-order valence-electron chi connectivity index (χ3n) is 2.89. The molecule has 0 aromatic heterocycles. The smallest absolute Gasteiger partial charge is 0.244 e. The number of nitrogens with one attached hydrogen (secondary N) is 1. The molecule has 0 bridgehead atoms. The van der Waals surface area contributed by atoms with E-state index in [0.717, 1.165) is 17.5 Å². The van der Waals surface area contributed by atoms with Crippen LogP contribution < -0.4 is 9.46 Å². The van der Waals surface area contributed by atoms with E-state index in [-0.39, 0.29) is 4.90 Å². The Morgan fingerprint density at radius 3 is 2.42 bits per heavy atom. The van der Waals surface area contributed by atoms with Crippen LogP contribution in [-0.4, -0.2) is 22.1 Å². The van der Waals surface area contributed by atoms with Crippen LogP contribution in [0.25, 0.3) is 0 Å². The predicted molar refractivity (Wildman–Crippen MR) is 77.1 cm³/mol. The zero-order chi connectivity index (χ0) is 14.6. The van der Waals surface area contributed by atoms with E-state index >= 15 is 0 Å². The van der Waals surface area contributed by atoms with Crippen LogP contribution in [0.2, 0.25) is 0 Å². The van der Waals surface area contributed by atoms with Crippen LogP contribution in [0.5, 0.6) is 5.75 Å². The van der Waals surface area contributed by atoms with Gasteiger partial charge in [0.15, 0.2) is 0 Å². The molecule has 0 spiro atoms. The second kappa shape index (κ2) is 6.39. The molecular formula is C14H23NO3S. The number of ether oxygens (including phenoxy) is 1. The monoisotopic (exact) mass is 285 g/mol. The average Bonchev–Trinajstić information content (AvgIpc) is 2.27. The summed E-state index contributed by atoms with van der Waals surface area (Å²) < 4.78 is 32.5.